The summed E-state index contributed by atoms with van der Waals surface area (Å²) in [5, 5.41) is 13.4. The Morgan fingerprint density at radius 1 is 1.38 bits per heavy atom. The molecule has 1 aromatic rings. The van der Waals surface area contributed by atoms with E-state index >= 15 is 0 Å². The highest BCUT2D eigenvalue weighted by Gasteiger charge is 2.31. The Morgan fingerprint density at radius 3 is 2.69 bits per heavy atom. The third-order valence-corrected chi connectivity index (χ3v) is 6.49. The minimum absolute atomic E-state index is 0.0209. The summed E-state index contributed by atoms with van der Waals surface area (Å²) in [5.41, 5.74) is 4.55. The van der Waals surface area contributed by atoms with Crippen molar-refractivity contribution in [1.82, 2.24) is 5.09 Å². The zero-order valence-electron chi connectivity index (χ0n) is 17.6. The summed E-state index contributed by atoms with van der Waals surface area (Å²) in [6, 6.07) is -0.646. The van der Waals surface area contributed by atoms with Crippen LogP contribution in [0.25, 0.3) is 0 Å². The summed E-state index contributed by atoms with van der Waals surface area (Å²) in [6.45, 7) is 9.60. The zero-order chi connectivity index (χ0) is 21.7. The van der Waals surface area contributed by atoms with Gasteiger partial charge in [-0.1, -0.05) is 18.1 Å². The first-order valence-corrected chi connectivity index (χ1v) is 11.2. The second kappa shape index (κ2) is 9.99. The number of cyclic esters (lactones) is 1. The molecule has 0 radical (unpaired) electrons. The Bertz CT molecular complexity index is 861. The molecule has 2 N–H and O–H groups in total. The molecule has 1 heterocycles. The number of rotatable bonds is 9. The van der Waals surface area contributed by atoms with Crippen molar-refractivity contribution in [1.29, 1.82) is 0 Å². The van der Waals surface area contributed by atoms with Crippen LogP contribution in [0.3, 0.4) is 0 Å². The molecular weight excluding hydrogens is 393 g/mol. The molecule has 0 amide bonds. The Labute approximate surface area is 172 Å². The highest BCUT2D eigenvalue weighted by Crippen LogP contribution is 2.38. The third-order valence-electron chi connectivity index (χ3n) is 5.02. The van der Waals surface area contributed by atoms with Crippen LogP contribution >= 0.6 is 7.95 Å². The van der Waals surface area contributed by atoms with Gasteiger partial charge in [0.15, 0.2) is 6.16 Å². The van der Waals surface area contributed by atoms with Gasteiger partial charge in [-0.25, -0.2) is 4.79 Å². The lowest BCUT2D eigenvalue weighted by Crippen LogP contribution is -2.31. The molecule has 1 aliphatic rings. The molecule has 0 spiro atoms. The number of hydrogen-bond donors (Lipinski definition) is 2. The molecular formula is C21H29NO6P+. The molecule has 0 saturated heterocycles. The monoisotopic (exact) mass is 422 g/mol. The van der Waals surface area contributed by atoms with Gasteiger partial charge in [-0.15, -0.1) is 0 Å². The number of fused-ring (bicyclic) bond motifs is 1. The number of benzene rings is 1. The number of phenols is 1. The van der Waals surface area contributed by atoms with E-state index in [0.717, 1.165) is 28.7 Å². The Kier molecular flexibility index (Phi) is 7.94. The van der Waals surface area contributed by atoms with E-state index in [0.29, 0.717) is 12.0 Å². The summed E-state index contributed by atoms with van der Waals surface area (Å²) in [4.78, 5) is 23.6. The fourth-order valence-electron chi connectivity index (χ4n) is 3.49. The summed E-state index contributed by atoms with van der Waals surface area (Å²) < 4.78 is 22.3. The van der Waals surface area contributed by atoms with Gasteiger partial charge in [0.1, 0.15) is 24.0 Å². The van der Waals surface area contributed by atoms with Crippen LogP contribution in [0.15, 0.2) is 11.6 Å². The van der Waals surface area contributed by atoms with Crippen molar-refractivity contribution in [2.24, 2.45) is 0 Å². The normalized spacial score (nSPS) is 15.0. The second-order valence-electron chi connectivity index (χ2n) is 7.11. The average molecular weight is 422 g/mol. The minimum atomic E-state index is -1.83. The van der Waals surface area contributed by atoms with Crippen molar-refractivity contribution in [3.8, 4) is 5.75 Å². The van der Waals surface area contributed by atoms with Crippen LogP contribution in [0.1, 0.15) is 60.3 Å². The zero-order valence-corrected chi connectivity index (χ0v) is 18.5. The lowest BCUT2D eigenvalue weighted by Gasteiger charge is -2.15. The van der Waals surface area contributed by atoms with Crippen LogP contribution in [0.2, 0.25) is 0 Å². The molecule has 1 unspecified atom stereocenters. The number of hydrogen-bond acceptors (Lipinski definition) is 6. The van der Waals surface area contributed by atoms with E-state index in [1.165, 1.54) is 0 Å². The van der Waals surface area contributed by atoms with E-state index in [-0.39, 0.29) is 30.7 Å². The molecule has 29 heavy (non-hydrogen) atoms. The van der Waals surface area contributed by atoms with Crippen LogP contribution in [0.4, 0.5) is 0 Å². The van der Waals surface area contributed by atoms with Crippen LogP contribution in [0.5, 0.6) is 5.75 Å². The van der Waals surface area contributed by atoms with Crippen LogP contribution in [-0.4, -0.2) is 35.9 Å². The SMILES string of the molecule is CCOC(=O)[C@H](C)N[P+](=O)C/C(C)=C/Cc1c(O)c2c(c(C)c1CC)COC2=O. The number of allylic oxidation sites excluding steroid dienone is 2. The van der Waals surface area contributed by atoms with E-state index in [9.17, 15) is 19.3 Å². The number of ether oxygens (including phenoxy) is 2. The van der Waals surface area contributed by atoms with Crippen molar-refractivity contribution in [3.63, 3.8) is 0 Å². The third kappa shape index (κ3) is 5.22. The first-order valence-electron chi connectivity index (χ1n) is 9.77. The first-order chi connectivity index (χ1) is 13.7. The van der Waals surface area contributed by atoms with Crippen molar-refractivity contribution in [3.05, 3.63) is 39.5 Å². The molecule has 0 bridgehead atoms. The van der Waals surface area contributed by atoms with Gasteiger partial charge in [0, 0.05) is 11.1 Å². The maximum Gasteiger partial charge on any atom is 0.437 e. The maximum absolute atomic E-state index is 12.3. The lowest BCUT2D eigenvalue weighted by atomic mass is 9.89. The van der Waals surface area contributed by atoms with Crippen LogP contribution in [0, 0.1) is 6.92 Å². The van der Waals surface area contributed by atoms with Gasteiger partial charge < -0.3 is 14.6 Å². The van der Waals surface area contributed by atoms with Gasteiger partial charge in [0.2, 0.25) is 0 Å². The summed E-state index contributed by atoms with van der Waals surface area (Å²) in [7, 11) is -1.83. The van der Waals surface area contributed by atoms with Gasteiger partial charge in [-0.05, 0) is 61.8 Å². The molecule has 2 rings (SSSR count). The lowest BCUT2D eigenvalue weighted by molar-refractivity contribution is -0.144. The topological polar surface area (TPSA) is 102 Å². The fraction of sp³-hybridized carbons (Fsp3) is 0.524. The number of carbonyl (C=O) groups is 2. The van der Waals surface area contributed by atoms with Gasteiger partial charge in [0.05, 0.1) is 6.61 Å². The van der Waals surface area contributed by atoms with Crippen molar-refractivity contribution < 1.29 is 28.7 Å². The Morgan fingerprint density at radius 2 is 2.07 bits per heavy atom. The summed E-state index contributed by atoms with van der Waals surface area (Å²) in [6.07, 6.45) is 3.30. The average Bonchev–Trinajstić information content (AvgIpc) is 3.05. The van der Waals surface area contributed by atoms with E-state index in [1.807, 2.05) is 26.8 Å². The van der Waals surface area contributed by atoms with Crippen LogP contribution < -0.4 is 5.09 Å². The highest BCUT2D eigenvalue weighted by atomic mass is 31.1. The molecule has 2 atom stereocenters. The summed E-state index contributed by atoms with van der Waals surface area (Å²) >= 11 is 0. The van der Waals surface area contributed by atoms with E-state index in [4.69, 9.17) is 9.47 Å². The van der Waals surface area contributed by atoms with Crippen molar-refractivity contribution in [2.75, 3.05) is 12.8 Å². The van der Waals surface area contributed by atoms with Gasteiger partial charge in [0.25, 0.3) is 0 Å². The number of phenolic OH excluding ortho intramolecular Hbond substituents is 1. The maximum atomic E-state index is 12.3. The molecule has 1 aliphatic heterocycles. The predicted octanol–water partition coefficient (Wildman–Crippen LogP) is 3.71. The molecule has 8 heteroatoms. The fourth-order valence-corrected chi connectivity index (χ4v) is 4.70. The largest absolute Gasteiger partial charge is 0.507 e. The summed E-state index contributed by atoms with van der Waals surface area (Å²) in [5.74, 6) is -0.951. The second-order valence-corrected chi connectivity index (χ2v) is 8.44. The van der Waals surface area contributed by atoms with Crippen molar-refractivity contribution in [2.45, 2.75) is 60.1 Å². The Hall–Kier alpha value is -2.24. The molecule has 1 aromatic carbocycles. The van der Waals surface area contributed by atoms with E-state index in [2.05, 4.69) is 5.09 Å². The van der Waals surface area contributed by atoms with E-state index in [1.54, 1.807) is 13.8 Å². The van der Waals surface area contributed by atoms with Gasteiger partial charge in [-0.2, -0.15) is 0 Å². The predicted molar refractivity (Wildman–Crippen MR) is 111 cm³/mol. The highest BCUT2D eigenvalue weighted by molar-refractivity contribution is 7.42. The molecule has 0 fully saturated rings. The number of nitrogens with one attached hydrogen (secondary N) is 1. The quantitative estimate of drug-likeness (QED) is 0.355. The number of aromatic hydroxyl groups is 1. The van der Waals surface area contributed by atoms with Crippen LogP contribution in [-0.2, 0) is 38.3 Å². The minimum Gasteiger partial charge on any atom is -0.507 e. The van der Waals surface area contributed by atoms with E-state index < -0.39 is 25.9 Å². The van der Waals surface area contributed by atoms with Gasteiger partial charge in [-0.3, -0.25) is 4.79 Å². The first kappa shape index (κ1) is 23.0. The standard InChI is InChI=1S/C21H28NO6P/c1-6-15-13(4)17-10-28-21(25)18(17)19(23)16(15)9-8-12(3)11-29(26)22-14(5)20(24)27-7-2/h8,14H,6-7,9-11H2,1-5H3,(H-,22,23,25,26)/p+1/b12-8+/t14-/m0/s1. The number of esters is 2. The molecule has 0 aliphatic carbocycles. The Balaban J connectivity index is 2.14. The smallest absolute Gasteiger partial charge is 0.437 e. The number of carbonyl (C=O) groups excluding carboxylic acids is 2. The molecule has 0 saturated carbocycles. The molecule has 158 valence electrons. The molecule has 0 aromatic heterocycles. The van der Waals surface area contributed by atoms with Crippen molar-refractivity contribution >= 4 is 19.9 Å². The van der Waals surface area contributed by atoms with Gasteiger partial charge >= 0.3 is 19.9 Å². The molecule has 7 nitrogen and oxygen atoms in total.